The second-order valence-electron chi connectivity index (χ2n) is 6.11. The van der Waals surface area contributed by atoms with E-state index in [1.54, 1.807) is 12.7 Å². The van der Waals surface area contributed by atoms with Crippen LogP contribution in [0.15, 0.2) is 11.6 Å². The topological polar surface area (TPSA) is 21.3 Å². The Morgan fingerprint density at radius 1 is 1.39 bits per heavy atom. The van der Waals surface area contributed by atoms with E-state index in [9.17, 15) is 0 Å². The number of rotatable bonds is 7. The number of allylic oxidation sites excluding steroid dienone is 1. The van der Waals surface area contributed by atoms with Gasteiger partial charge in [0.25, 0.3) is 0 Å². The van der Waals surface area contributed by atoms with Gasteiger partial charge >= 0.3 is 0 Å². The van der Waals surface area contributed by atoms with Crippen LogP contribution in [-0.4, -0.2) is 26.8 Å². The molecule has 2 aliphatic rings. The fourth-order valence-electron chi connectivity index (χ4n) is 3.68. The summed E-state index contributed by atoms with van der Waals surface area (Å²) < 4.78 is 5.12. The van der Waals surface area contributed by atoms with Crippen LogP contribution in [0.4, 0.5) is 0 Å². The third-order valence-corrected chi connectivity index (χ3v) is 4.85. The average Bonchev–Trinajstić information content (AvgIpc) is 2.38. The van der Waals surface area contributed by atoms with Gasteiger partial charge in [-0.3, -0.25) is 0 Å². The highest BCUT2D eigenvalue weighted by Gasteiger charge is 2.45. The van der Waals surface area contributed by atoms with Gasteiger partial charge in [-0.25, -0.2) is 0 Å². The minimum atomic E-state index is 0.509. The van der Waals surface area contributed by atoms with Crippen LogP contribution in [0.25, 0.3) is 0 Å². The third kappa shape index (κ3) is 3.16. The second-order valence-corrected chi connectivity index (χ2v) is 6.11. The molecule has 2 aliphatic carbocycles. The molecule has 2 heteroatoms. The normalized spacial score (nSPS) is 31.9. The molecule has 0 aromatic rings. The predicted molar refractivity (Wildman–Crippen MR) is 76.7 cm³/mol. The van der Waals surface area contributed by atoms with Gasteiger partial charge in [0.05, 0.1) is 6.61 Å². The summed E-state index contributed by atoms with van der Waals surface area (Å²) in [6.07, 6.45) is 12.2. The SMILES string of the molecule is CCC1CC(CNCCOC)(C2=CCCCC2)C1. The van der Waals surface area contributed by atoms with E-state index in [1.807, 2.05) is 0 Å². The van der Waals surface area contributed by atoms with Crippen LogP contribution < -0.4 is 5.32 Å². The maximum absolute atomic E-state index is 5.12. The van der Waals surface area contributed by atoms with Gasteiger partial charge in [0.1, 0.15) is 0 Å². The van der Waals surface area contributed by atoms with Gasteiger partial charge in [-0.05, 0) is 44.4 Å². The molecule has 1 saturated carbocycles. The van der Waals surface area contributed by atoms with Crippen molar-refractivity contribution in [3.8, 4) is 0 Å². The highest BCUT2D eigenvalue weighted by atomic mass is 16.5. The Morgan fingerprint density at radius 2 is 2.22 bits per heavy atom. The van der Waals surface area contributed by atoms with Gasteiger partial charge in [0.2, 0.25) is 0 Å². The minimum Gasteiger partial charge on any atom is -0.383 e. The zero-order chi connectivity index (χ0) is 12.8. The monoisotopic (exact) mass is 251 g/mol. The standard InChI is InChI=1S/C16H29NO/c1-3-14-11-16(12-14,13-17-9-10-18-2)15-7-5-4-6-8-15/h7,14,17H,3-6,8-13H2,1-2H3. The molecule has 2 rings (SSSR count). The highest BCUT2D eigenvalue weighted by Crippen LogP contribution is 2.53. The molecule has 0 saturated heterocycles. The summed E-state index contributed by atoms with van der Waals surface area (Å²) in [6, 6.07) is 0. The van der Waals surface area contributed by atoms with Gasteiger partial charge < -0.3 is 10.1 Å². The summed E-state index contributed by atoms with van der Waals surface area (Å²) in [5.74, 6) is 0.969. The maximum Gasteiger partial charge on any atom is 0.0587 e. The quantitative estimate of drug-likeness (QED) is 0.552. The average molecular weight is 251 g/mol. The fraction of sp³-hybridized carbons (Fsp3) is 0.875. The Morgan fingerprint density at radius 3 is 2.83 bits per heavy atom. The van der Waals surface area contributed by atoms with Crippen molar-refractivity contribution in [3.05, 3.63) is 11.6 Å². The summed E-state index contributed by atoms with van der Waals surface area (Å²) in [6.45, 7) is 5.32. The lowest BCUT2D eigenvalue weighted by molar-refractivity contribution is 0.0817. The smallest absolute Gasteiger partial charge is 0.0587 e. The molecule has 0 spiro atoms. The van der Waals surface area contributed by atoms with Crippen LogP contribution in [0.5, 0.6) is 0 Å². The van der Waals surface area contributed by atoms with Crippen molar-refractivity contribution in [2.45, 2.75) is 51.9 Å². The van der Waals surface area contributed by atoms with Gasteiger partial charge in [-0.15, -0.1) is 0 Å². The first kappa shape index (κ1) is 14.1. The van der Waals surface area contributed by atoms with E-state index in [0.717, 1.165) is 19.1 Å². The highest BCUT2D eigenvalue weighted by molar-refractivity contribution is 5.22. The van der Waals surface area contributed by atoms with Crippen molar-refractivity contribution in [2.24, 2.45) is 11.3 Å². The number of nitrogens with one attached hydrogen (secondary N) is 1. The lowest BCUT2D eigenvalue weighted by Crippen LogP contribution is -2.47. The molecule has 0 aromatic heterocycles. The van der Waals surface area contributed by atoms with Gasteiger partial charge in [0.15, 0.2) is 0 Å². The zero-order valence-electron chi connectivity index (χ0n) is 12.1. The van der Waals surface area contributed by atoms with E-state index in [4.69, 9.17) is 4.74 Å². The van der Waals surface area contributed by atoms with E-state index in [1.165, 1.54) is 51.5 Å². The molecule has 104 valence electrons. The van der Waals surface area contributed by atoms with Gasteiger partial charge in [-0.2, -0.15) is 0 Å². The first-order valence-corrected chi connectivity index (χ1v) is 7.70. The largest absolute Gasteiger partial charge is 0.383 e. The molecule has 1 N–H and O–H groups in total. The molecule has 1 fully saturated rings. The Hall–Kier alpha value is -0.340. The minimum absolute atomic E-state index is 0.509. The summed E-state index contributed by atoms with van der Waals surface area (Å²) in [4.78, 5) is 0. The van der Waals surface area contributed by atoms with E-state index in [-0.39, 0.29) is 0 Å². The first-order chi connectivity index (χ1) is 8.80. The van der Waals surface area contributed by atoms with Crippen molar-refractivity contribution in [1.29, 1.82) is 0 Å². The van der Waals surface area contributed by atoms with E-state index >= 15 is 0 Å². The molecular weight excluding hydrogens is 222 g/mol. The summed E-state index contributed by atoms with van der Waals surface area (Å²) >= 11 is 0. The molecule has 0 amide bonds. The van der Waals surface area contributed by atoms with E-state index < -0.39 is 0 Å². The Labute approximate surface area is 112 Å². The number of ether oxygens (including phenoxy) is 1. The summed E-state index contributed by atoms with van der Waals surface area (Å²) in [7, 11) is 1.78. The predicted octanol–water partition coefficient (Wildman–Crippen LogP) is 3.53. The van der Waals surface area contributed by atoms with Crippen molar-refractivity contribution in [3.63, 3.8) is 0 Å². The van der Waals surface area contributed by atoms with E-state index in [0.29, 0.717) is 5.41 Å². The third-order valence-electron chi connectivity index (χ3n) is 4.85. The molecular formula is C16H29NO. The number of hydrogen-bond acceptors (Lipinski definition) is 2. The summed E-state index contributed by atoms with van der Waals surface area (Å²) in [5, 5.41) is 3.61. The molecule has 0 radical (unpaired) electrons. The number of methoxy groups -OCH3 is 1. The number of hydrogen-bond donors (Lipinski definition) is 1. The van der Waals surface area contributed by atoms with Crippen molar-refractivity contribution in [2.75, 3.05) is 26.8 Å². The van der Waals surface area contributed by atoms with Crippen LogP contribution in [0, 0.1) is 11.3 Å². The molecule has 0 aromatic carbocycles. The van der Waals surface area contributed by atoms with Crippen LogP contribution in [0.2, 0.25) is 0 Å². The molecule has 2 nitrogen and oxygen atoms in total. The second kappa shape index (κ2) is 6.72. The molecule has 18 heavy (non-hydrogen) atoms. The van der Waals surface area contributed by atoms with Crippen LogP contribution in [0.3, 0.4) is 0 Å². The van der Waals surface area contributed by atoms with Gasteiger partial charge in [-0.1, -0.05) is 25.0 Å². The summed E-state index contributed by atoms with van der Waals surface area (Å²) in [5.41, 5.74) is 2.28. The maximum atomic E-state index is 5.12. The zero-order valence-corrected chi connectivity index (χ0v) is 12.1. The lowest BCUT2D eigenvalue weighted by Gasteiger charge is -2.50. The van der Waals surface area contributed by atoms with Gasteiger partial charge in [0, 0.05) is 25.6 Å². The Balaban J connectivity index is 1.89. The van der Waals surface area contributed by atoms with Crippen LogP contribution >= 0.6 is 0 Å². The Kier molecular flexibility index (Phi) is 5.25. The van der Waals surface area contributed by atoms with Crippen molar-refractivity contribution >= 4 is 0 Å². The van der Waals surface area contributed by atoms with Crippen LogP contribution in [-0.2, 0) is 4.74 Å². The first-order valence-electron chi connectivity index (χ1n) is 7.70. The molecule has 0 atom stereocenters. The van der Waals surface area contributed by atoms with Crippen molar-refractivity contribution in [1.82, 2.24) is 5.32 Å². The Bertz CT molecular complexity index is 279. The molecule has 0 heterocycles. The van der Waals surface area contributed by atoms with Crippen LogP contribution in [0.1, 0.15) is 51.9 Å². The fourth-order valence-corrected chi connectivity index (χ4v) is 3.68. The molecule has 0 unspecified atom stereocenters. The van der Waals surface area contributed by atoms with E-state index in [2.05, 4.69) is 18.3 Å². The van der Waals surface area contributed by atoms with Crippen molar-refractivity contribution < 1.29 is 4.74 Å². The molecule has 0 bridgehead atoms. The lowest BCUT2D eigenvalue weighted by atomic mass is 9.56. The molecule has 0 aliphatic heterocycles.